The molecule has 0 aromatic heterocycles. The number of aliphatic hydroxyl groups excluding tert-OH is 1. The first kappa shape index (κ1) is 25.8. The van der Waals surface area contributed by atoms with Gasteiger partial charge in [-0.3, -0.25) is 4.79 Å². The summed E-state index contributed by atoms with van der Waals surface area (Å²) < 4.78 is 11.3. The normalized spacial score (nSPS) is 16.9. The van der Waals surface area contributed by atoms with E-state index in [-0.39, 0.29) is 23.5 Å². The van der Waals surface area contributed by atoms with Crippen molar-refractivity contribution in [2.24, 2.45) is 0 Å². The third-order valence-corrected chi connectivity index (χ3v) is 6.31. The lowest BCUT2D eigenvalue weighted by Crippen LogP contribution is -2.46. The molecule has 1 saturated heterocycles. The van der Waals surface area contributed by atoms with Crippen molar-refractivity contribution in [3.8, 4) is 11.8 Å². The number of morpholine rings is 1. The number of nitrogens with zero attached hydrogens (tertiary/aromatic N) is 1. The van der Waals surface area contributed by atoms with Crippen LogP contribution in [0.25, 0.3) is 10.8 Å². The number of ether oxygens (including phenoxy) is 2. The molecule has 3 N–H and O–H groups in total. The predicted molar refractivity (Wildman–Crippen MR) is 139 cm³/mol. The zero-order valence-electron chi connectivity index (χ0n) is 20.8. The zero-order valence-corrected chi connectivity index (χ0v) is 20.8. The number of ketones is 1. The van der Waals surface area contributed by atoms with E-state index in [2.05, 4.69) is 60.9 Å². The van der Waals surface area contributed by atoms with E-state index >= 15 is 0 Å². The predicted octanol–water partition coefficient (Wildman–Crippen LogP) is 3.23. The molecule has 0 spiro atoms. The lowest BCUT2D eigenvalue weighted by atomic mass is 9.93. The van der Waals surface area contributed by atoms with E-state index in [0.717, 1.165) is 13.0 Å². The van der Waals surface area contributed by atoms with Gasteiger partial charge in [0.2, 0.25) is 0 Å². The maximum atomic E-state index is 12.7. The highest BCUT2D eigenvalue weighted by atomic mass is 16.5. The minimum absolute atomic E-state index is 0.0245. The SMILES string of the molecule is CC(C)(Cc1ccc2ccccc2c1)NCC(O)COc1ccc(C(=O)C2CNCCO2)cc1C#N. The number of aliphatic hydroxyl groups is 1. The summed E-state index contributed by atoms with van der Waals surface area (Å²) in [5, 5.41) is 29.0. The summed E-state index contributed by atoms with van der Waals surface area (Å²) in [6.45, 7) is 6.22. The van der Waals surface area contributed by atoms with E-state index in [4.69, 9.17) is 9.47 Å². The van der Waals surface area contributed by atoms with Crippen LogP contribution in [0.15, 0.2) is 60.7 Å². The minimum atomic E-state index is -0.768. The van der Waals surface area contributed by atoms with Gasteiger partial charge in [-0.05, 0) is 54.8 Å². The third-order valence-electron chi connectivity index (χ3n) is 6.31. The van der Waals surface area contributed by atoms with Crippen molar-refractivity contribution in [1.82, 2.24) is 10.6 Å². The summed E-state index contributed by atoms with van der Waals surface area (Å²) in [6, 6.07) is 21.6. The van der Waals surface area contributed by atoms with Gasteiger partial charge < -0.3 is 25.2 Å². The Hall–Kier alpha value is -3.28. The Balaban J connectivity index is 1.29. The second kappa shape index (κ2) is 11.6. The zero-order chi connectivity index (χ0) is 25.5. The highest BCUT2D eigenvalue weighted by molar-refractivity contribution is 6.00. The number of rotatable bonds is 10. The van der Waals surface area contributed by atoms with E-state index in [1.807, 2.05) is 12.1 Å². The lowest BCUT2D eigenvalue weighted by Gasteiger charge is -2.28. The van der Waals surface area contributed by atoms with Crippen LogP contribution in [0.2, 0.25) is 0 Å². The first-order chi connectivity index (χ1) is 17.3. The van der Waals surface area contributed by atoms with Gasteiger partial charge in [-0.1, -0.05) is 42.5 Å². The van der Waals surface area contributed by atoms with Crippen LogP contribution in [-0.2, 0) is 11.2 Å². The number of carbonyl (C=O) groups is 1. The van der Waals surface area contributed by atoms with Crippen molar-refractivity contribution >= 4 is 16.6 Å². The van der Waals surface area contributed by atoms with Gasteiger partial charge in [0, 0.05) is 30.7 Å². The highest BCUT2D eigenvalue weighted by Gasteiger charge is 2.24. The molecule has 0 radical (unpaired) electrons. The molecule has 3 aromatic carbocycles. The van der Waals surface area contributed by atoms with Crippen LogP contribution in [-0.4, -0.2) is 61.5 Å². The van der Waals surface area contributed by atoms with Crippen molar-refractivity contribution in [3.05, 3.63) is 77.4 Å². The summed E-state index contributed by atoms with van der Waals surface area (Å²) in [7, 11) is 0. The van der Waals surface area contributed by atoms with Crippen molar-refractivity contribution < 1.29 is 19.4 Å². The van der Waals surface area contributed by atoms with Crippen LogP contribution >= 0.6 is 0 Å². The molecule has 0 amide bonds. The molecule has 1 aliphatic heterocycles. The van der Waals surface area contributed by atoms with E-state index in [0.29, 0.717) is 31.0 Å². The molecule has 4 rings (SSSR count). The number of hydrogen-bond acceptors (Lipinski definition) is 7. The Labute approximate surface area is 212 Å². The largest absolute Gasteiger partial charge is 0.489 e. The maximum absolute atomic E-state index is 12.7. The molecule has 36 heavy (non-hydrogen) atoms. The molecule has 2 unspecified atom stereocenters. The average molecular weight is 488 g/mol. The van der Waals surface area contributed by atoms with E-state index in [9.17, 15) is 15.2 Å². The fourth-order valence-corrected chi connectivity index (χ4v) is 4.38. The lowest BCUT2D eigenvalue weighted by molar-refractivity contribution is 0.0269. The van der Waals surface area contributed by atoms with E-state index in [1.54, 1.807) is 12.1 Å². The average Bonchev–Trinajstić information content (AvgIpc) is 2.90. The molecule has 0 saturated carbocycles. The van der Waals surface area contributed by atoms with Gasteiger partial charge in [0.1, 0.15) is 30.6 Å². The third kappa shape index (κ3) is 6.68. The van der Waals surface area contributed by atoms with Gasteiger partial charge in [0.05, 0.1) is 12.2 Å². The van der Waals surface area contributed by atoms with Crippen LogP contribution in [0.5, 0.6) is 5.75 Å². The summed E-state index contributed by atoms with van der Waals surface area (Å²) in [6.07, 6.45) is -0.516. The fraction of sp³-hybridized carbons (Fsp3) is 0.379. The van der Waals surface area contributed by atoms with Gasteiger partial charge in [-0.2, -0.15) is 5.26 Å². The quantitative estimate of drug-likeness (QED) is 0.377. The number of hydrogen-bond donors (Lipinski definition) is 3. The molecule has 1 heterocycles. The van der Waals surface area contributed by atoms with E-state index in [1.165, 1.54) is 22.4 Å². The number of nitriles is 1. The molecular formula is C29H33N3O4. The fourth-order valence-electron chi connectivity index (χ4n) is 4.38. The summed E-state index contributed by atoms with van der Waals surface area (Å²) in [4.78, 5) is 12.7. The summed E-state index contributed by atoms with van der Waals surface area (Å²) in [5.74, 6) is 0.175. The topological polar surface area (TPSA) is 104 Å². The number of carbonyl (C=O) groups excluding carboxylic acids is 1. The summed E-state index contributed by atoms with van der Waals surface area (Å²) in [5.41, 5.74) is 1.64. The Kier molecular flexibility index (Phi) is 8.34. The van der Waals surface area contributed by atoms with Crippen LogP contribution in [0.4, 0.5) is 0 Å². The van der Waals surface area contributed by atoms with Gasteiger partial charge in [0.15, 0.2) is 5.78 Å². The Morgan fingerprint density at radius 2 is 2.03 bits per heavy atom. The molecular weight excluding hydrogens is 454 g/mol. The number of benzene rings is 3. The number of nitrogens with one attached hydrogen (secondary N) is 2. The van der Waals surface area contributed by atoms with Crippen LogP contribution in [0.3, 0.4) is 0 Å². The van der Waals surface area contributed by atoms with Gasteiger partial charge >= 0.3 is 0 Å². The first-order valence-electron chi connectivity index (χ1n) is 12.3. The van der Waals surface area contributed by atoms with Crippen LogP contribution in [0.1, 0.15) is 35.3 Å². The maximum Gasteiger partial charge on any atom is 0.192 e. The van der Waals surface area contributed by atoms with Crippen molar-refractivity contribution in [2.45, 2.75) is 38.0 Å². The molecule has 0 bridgehead atoms. The molecule has 188 valence electrons. The van der Waals surface area contributed by atoms with Crippen molar-refractivity contribution in [3.63, 3.8) is 0 Å². The number of fused-ring (bicyclic) bond motifs is 1. The Morgan fingerprint density at radius 3 is 2.78 bits per heavy atom. The molecule has 7 heteroatoms. The molecule has 2 atom stereocenters. The van der Waals surface area contributed by atoms with Gasteiger partial charge in [-0.15, -0.1) is 0 Å². The molecule has 1 fully saturated rings. The second-order valence-corrected chi connectivity index (χ2v) is 9.84. The second-order valence-electron chi connectivity index (χ2n) is 9.84. The highest BCUT2D eigenvalue weighted by Crippen LogP contribution is 2.22. The Bertz CT molecular complexity index is 1240. The minimum Gasteiger partial charge on any atom is -0.489 e. The number of Topliss-reactive ketones (excluding diaryl/α,β-unsaturated/α-hetero) is 1. The van der Waals surface area contributed by atoms with Gasteiger partial charge in [-0.25, -0.2) is 0 Å². The number of β-amino-alcohol motifs (C(OH)–C–C–N with tert-alkyl or cyclic N) is 1. The van der Waals surface area contributed by atoms with Crippen molar-refractivity contribution in [2.75, 3.05) is 32.8 Å². The van der Waals surface area contributed by atoms with Crippen LogP contribution in [0, 0.1) is 11.3 Å². The van der Waals surface area contributed by atoms with Crippen molar-refractivity contribution in [1.29, 1.82) is 5.26 Å². The van der Waals surface area contributed by atoms with Gasteiger partial charge in [0.25, 0.3) is 0 Å². The smallest absolute Gasteiger partial charge is 0.192 e. The molecule has 3 aromatic rings. The monoisotopic (exact) mass is 487 g/mol. The molecule has 0 aliphatic carbocycles. The standard InChI is InChI=1S/C29H33N3O4/c1-29(2,15-20-7-8-21-5-3-4-6-22(21)13-20)32-17-25(33)19-36-26-10-9-23(14-24(26)16-30)28(34)27-18-31-11-12-35-27/h3-10,13-14,25,27,31-33H,11-12,15,17-19H2,1-2H3. The Morgan fingerprint density at radius 1 is 1.22 bits per heavy atom. The van der Waals surface area contributed by atoms with Crippen LogP contribution < -0.4 is 15.4 Å². The summed E-state index contributed by atoms with van der Waals surface area (Å²) >= 11 is 0. The molecule has 1 aliphatic rings. The molecule has 7 nitrogen and oxygen atoms in total. The first-order valence-corrected chi connectivity index (χ1v) is 12.3. The van der Waals surface area contributed by atoms with E-state index < -0.39 is 12.2 Å².